The van der Waals surface area contributed by atoms with Crippen LogP contribution in [0.1, 0.15) is 24.2 Å². The first-order valence-corrected chi connectivity index (χ1v) is 5.56. The second-order valence-corrected chi connectivity index (χ2v) is 3.20. The summed E-state index contributed by atoms with van der Waals surface area (Å²) in [6.45, 7) is 4.04. The van der Waals surface area contributed by atoms with Gasteiger partial charge in [-0.3, -0.25) is 0 Å². The minimum atomic E-state index is -0.379. The van der Waals surface area contributed by atoms with Gasteiger partial charge in [-0.15, -0.1) is 0 Å². The molecule has 6 nitrogen and oxygen atoms in total. The Labute approximate surface area is 105 Å². The Kier molecular flexibility index (Phi) is 5.66. The molecule has 96 valence electrons. The van der Waals surface area contributed by atoms with Crippen LogP contribution < -0.4 is 0 Å². The lowest BCUT2D eigenvalue weighted by molar-refractivity contribution is 0.0526. The second-order valence-electron chi connectivity index (χ2n) is 3.20. The number of fused-ring (bicyclic) bond motifs is 1. The van der Waals surface area contributed by atoms with Crippen molar-refractivity contribution < 1.29 is 14.6 Å². The zero-order valence-electron chi connectivity index (χ0n) is 10.3. The quantitative estimate of drug-likeness (QED) is 0.805. The van der Waals surface area contributed by atoms with Crippen molar-refractivity contribution in [3.63, 3.8) is 0 Å². The van der Waals surface area contributed by atoms with E-state index in [0.717, 1.165) is 5.39 Å². The molecule has 0 aromatic carbocycles. The van der Waals surface area contributed by atoms with Gasteiger partial charge in [-0.05, 0) is 19.9 Å². The highest BCUT2D eigenvalue weighted by atomic mass is 16.5. The molecule has 2 aromatic heterocycles. The maximum Gasteiger partial charge on any atom is 0.339 e. The lowest BCUT2D eigenvalue weighted by Gasteiger charge is -2.01. The predicted molar refractivity (Wildman–Crippen MR) is 66.0 cm³/mol. The first kappa shape index (κ1) is 14.0. The van der Waals surface area contributed by atoms with Crippen molar-refractivity contribution in [3.05, 3.63) is 30.4 Å². The molecule has 0 radical (unpaired) electrons. The minimum Gasteiger partial charge on any atom is -0.462 e. The van der Waals surface area contributed by atoms with Gasteiger partial charge in [-0.25, -0.2) is 19.7 Å². The fraction of sp³-hybridized carbons (Fsp3) is 0.333. The van der Waals surface area contributed by atoms with Crippen molar-refractivity contribution in [2.24, 2.45) is 0 Å². The number of rotatable bonds is 2. The third-order valence-electron chi connectivity index (χ3n) is 1.87. The van der Waals surface area contributed by atoms with Crippen LogP contribution >= 0.6 is 0 Å². The average molecular weight is 249 g/mol. The molecule has 2 heterocycles. The molecule has 0 spiro atoms. The van der Waals surface area contributed by atoms with Crippen LogP contribution in [0.5, 0.6) is 0 Å². The second kappa shape index (κ2) is 7.29. The van der Waals surface area contributed by atoms with E-state index >= 15 is 0 Å². The van der Waals surface area contributed by atoms with Gasteiger partial charge < -0.3 is 9.84 Å². The summed E-state index contributed by atoms with van der Waals surface area (Å²) in [6, 6.07) is 1.67. The largest absolute Gasteiger partial charge is 0.462 e. The van der Waals surface area contributed by atoms with Crippen LogP contribution in [0.2, 0.25) is 0 Å². The van der Waals surface area contributed by atoms with E-state index in [1.807, 2.05) is 0 Å². The van der Waals surface area contributed by atoms with Crippen molar-refractivity contribution >= 4 is 17.0 Å². The van der Waals surface area contributed by atoms with E-state index < -0.39 is 0 Å². The van der Waals surface area contributed by atoms with E-state index in [2.05, 4.69) is 15.0 Å². The summed E-state index contributed by atoms with van der Waals surface area (Å²) in [7, 11) is 0. The Bertz CT molecular complexity index is 517. The number of ether oxygens (including phenoxy) is 1. The first-order valence-electron chi connectivity index (χ1n) is 5.56. The number of aromatic nitrogens is 3. The van der Waals surface area contributed by atoms with Gasteiger partial charge in [0.05, 0.1) is 12.2 Å². The fourth-order valence-corrected chi connectivity index (χ4v) is 1.21. The molecule has 0 fully saturated rings. The van der Waals surface area contributed by atoms with Crippen molar-refractivity contribution in [1.29, 1.82) is 0 Å². The summed E-state index contributed by atoms with van der Waals surface area (Å²) in [6.07, 6.45) is 4.48. The van der Waals surface area contributed by atoms with E-state index in [4.69, 9.17) is 9.84 Å². The molecule has 1 N–H and O–H groups in total. The molecule has 0 saturated carbocycles. The van der Waals surface area contributed by atoms with Crippen molar-refractivity contribution in [2.45, 2.75) is 13.8 Å². The van der Waals surface area contributed by atoms with Gasteiger partial charge in [-0.2, -0.15) is 0 Å². The average Bonchev–Trinajstić information content (AvgIpc) is 2.39. The smallest absolute Gasteiger partial charge is 0.339 e. The van der Waals surface area contributed by atoms with Crippen molar-refractivity contribution in [2.75, 3.05) is 13.2 Å². The van der Waals surface area contributed by atoms with Gasteiger partial charge in [0.15, 0.2) is 5.65 Å². The number of aliphatic hydroxyl groups excluding tert-OH is 1. The molecule has 0 aliphatic carbocycles. The van der Waals surface area contributed by atoms with Gasteiger partial charge in [0.1, 0.15) is 6.33 Å². The van der Waals surface area contributed by atoms with Gasteiger partial charge >= 0.3 is 5.97 Å². The van der Waals surface area contributed by atoms with Crippen LogP contribution in [0.15, 0.2) is 24.8 Å². The number of carbonyl (C=O) groups is 1. The molecule has 2 aromatic rings. The molecule has 0 aliphatic heterocycles. The standard InChI is InChI=1S/C10H9N3O2.C2H6O/c1-2-15-10(14)8-3-7-4-11-6-13-9(7)12-5-8;1-2-3/h3-6H,2H2,1H3;3H,2H2,1H3. The SMILES string of the molecule is CCO.CCOC(=O)c1cnc2ncncc2c1. The Balaban J connectivity index is 0.000000492. The van der Waals surface area contributed by atoms with Crippen LogP contribution in [0.4, 0.5) is 0 Å². The predicted octanol–water partition coefficient (Wildman–Crippen LogP) is 1.20. The normalized spacial score (nSPS) is 9.50. The Morgan fingerprint density at radius 3 is 2.72 bits per heavy atom. The number of pyridine rings is 1. The molecule has 0 bridgehead atoms. The van der Waals surface area contributed by atoms with Crippen LogP contribution in [0, 0.1) is 0 Å². The summed E-state index contributed by atoms with van der Waals surface area (Å²) in [5.41, 5.74) is 0.984. The maximum absolute atomic E-state index is 11.4. The summed E-state index contributed by atoms with van der Waals surface area (Å²) in [5.74, 6) is -0.379. The summed E-state index contributed by atoms with van der Waals surface area (Å²) in [5, 5.41) is 8.29. The monoisotopic (exact) mass is 249 g/mol. The molecule has 18 heavy (non-hydrogen) atoms. The van der Waals surface area contributed by atoms with Gasteiger partial charge in [-0.1, -0.05) is 0 Å². The first-order chi connectivity index (χ1) is 8.72. The molecule has 0 aliphatic rings. The molecule has 6 heteroatoms. The Morgan fingerprint density at radius 1 is 1.33 bits per heavy atom. The highest BCUT2D eigenvalue weighted by Gasteiger charge is 2.07. The van der Waals surface area contributed by atoms with Crippen LogP contribution in [-0.4, -0.2) is 39.2 Å². The topological polar surface area (TPSA) is 85.2 Å². The van der Waals surface area contributed by atoms with Gasteiger partial charge in [0, 0.05) is 24.4 Å². The highest BCUT2D eigenvalue weighted by molar-refractivity contribution is 5.92. The number of hydrogen-bond donors (Lipinski definition) is 1. The fourth-order valence-electron chi connectivity index (χ4n) is 1.21. The minimum absolute atomic E-state index is 0.250. The van der Waals surface area contributed by atoms with Crippen molar-refractivity contribution in [1.82, 2.24) is 15.0 Å². The third kappa shape index (κ3) is 3.74. The highest BCUT2D eigenvalue weighted by Crippen LogP contribution is 2.09. The molecule has 0 atom stereocenters. The zero-order chi connectivity index (χ0) is 13.4. The molecular weight excluding hydrogens is 234 g/mol. The van der Waals surface area contributed by atoms with E-state index in [0.29, 0.717) is 17.8 Å². The van der Waals surface area contributed by atoms with E-state index in [-0.39, 0.29) is 12.6 Å². The number of carbonyl (C=O) groups excluding carboxylic acids is 1. The summed E-state index contributed by atoms with van der Waals surface area (Å²) in [4.78, 5) is 23.2. The Morgan fingerprint density at radius 2 is 2.06 bits per heavy atom. The lowest BCUT2D eigenvalue weighted by Crippen LogP contribution is -2.05. The molecule has 0 amide bonds. The number of aliphatic hydroxyl groups is 1. The van der Waals surface area contributed by atoms with Crippen LogP contribution in [-0.2, 0) is 4.74 Å². The molecule has 0 saturated heterocycles. The number of esters is 1. The van der Waals surface area contributed by atoms with E-state index in [1.165, 1.54) is 12.5 Å². The molecule has 2 rings (SSSR count). The van der Waals surface area contributed by atoms with Crippen LogP contribution in [0.3, 0.4) is 0 Å². The van der Waals surface area contributed by atoms with Crippen molar-refractivity contribution in [3.8, 4) is 0 Å². The molecule has 0 unspecified atom stereocenters. The third-order valence-corrected chi connectivity index (χ3v) is 1.87. The van der Waals surface area contributed by atoms with Crippen LogP contribution in [0.25, 0.3) is 11.0 Å². The molecular formula is C12H15N3O3. The lowest BCUT2D eigenvalue weighted by atomic mass is 10.2. The number of nitrogens with zero attached hydrogens (tertiary/aromatic N) is 3. The zero-order valence-corrected chi connectivity index (χ0v) is 10.3. The Hall–Kier alpha value is -2.08. The number of hydrogen-bond acceptors (Lipinski definition) is 6. The van der Waals surface area contributed by atoms with Gasteiger partial charge in [0.25, 0.3) is 0 Å². The summed E-state index contributed by atoms with van der Waals surface area (Å²) < 4.78 is 4.86. The van der Waals surface area contributed by atoms with Gasteiger partial charge in [0.2, 0.25) is 0 Å². The maximum atomic E-state index is 11.4. The van der Waals surface area contributed by atoms with E-state index in [9.17, 15) is 4.79 Å². The summed E-state index contributed by atoms with van der Waals surface area (Å²) >= 11 is 0. The van der Waals surface area contributed by atoms with E-state index in [1.54, 1.807) is 26.1 Å².